The Morgan fingerprint density at radius 1 is 0.963 bits per heavy atom. The van der Waals surface area contributed by atoms with Gasteiger partial charge in [0.15, 0.2) is 0 Å². The lowest BCUT2D eigenvalue weighted by Gasteiger charge is -2.12. The minimum absolute atomic E-state index is 0.222. The molecule has 0 spiro atoms. The van der Waals surface area contributed by atoms with Crippen LogP contribution in [0.2, 0.25) is 0 Å². The Morgan fingerprint density at radius 2 is 1.70 bits per heavy atom. The van der Waals surface area contributed by atoms with Crippen molar-refractivity contribution < 1.29 is 9.59 Å². The van der Waals surface area contributed by atoms with Gasteiger partial charge in [-0.15, -0.1) is 11.3 Å². The molecule has 0 unspecified atom stereocenters. The molecule has 1 heterocycles. The van der Waals surface area contributed by atoms with Gasteiger partial charge in [0.1, 0.15) is 5.70 Å². The van der Waals surface area contributed by atoms with Crippen LogP contribution in [0.3, 0.4) is 0 Å². The zero-order valence-corrected chi connectivity index (χ0v) is 15.8. The molecular formula is C22H20N2O2S. The first-order valence-electron chi connectivity index (χ1n) is 8.58. The number of hydrogen-bond donors (Lipinski definition) is 2. The predicted molar refractivity (Wildman–Crippen MR) is 109 cm³/mol. The second-order valence-corrected chi connectivity index (χ2v) is 6.98. The molecule has 0 atom stereocenters. The molecule has 0 radical (unpaired) electrons. The van der Waals surface area contributed by atoms with Gasteiger partial charge in [0, 0.05) is 17.0 Å². The fourth-order valence-corrected chi connectivity index (χ4v) is 3.19. The minimum atomic E-state index is -0.323. The molecule has 0 aliphatic carbocycles. The lowest BCUT2D eigenvalue weighted by molar-refractivity contribution is -0.117. The topological polar surface area (TPSA) is 58.2 Å². The molecule has 0 fully saturated rings. The third kappa shape index (κ3) is 5.15. The summed E-state index contributed by atoms with van der Waals surface area (Å²) in [6.45, 7) is 2.40. The van der Waals surface area contributed by atoms with Gasteiger partial charge in [-0.1, -0.05) is 48.5 Å². The summed E-state index contributed by atoms with van der Waals surface area (Å²) < 4.78 is 0. The van der Waals surface area contributed by atoms with Gasteiger partial charge in [0.25, 0.3) is 11.8 Å². The molecule has 3 aromatic rings. The monoisotopic (exact) mass is 376 g/mol. The van der Waals surface area contributed by atoms with Crippen molar-refractivity contribution in [3.63, 3.8) is 0 Å². The maximum absolute atomic E-state index is 12.7. The van der Waals surface area contributed by atoms with Gasteiger partial charge >= 0.3 is 0 Å². The summed E-state index contributed by atoms with van der Waals surface area (Å²) in [5.74, 6) is -0.639. The van der Waals surface area contributed by atoms with E-state index < -0.39 is 0 Å². The van der Waals surface area contributed by atoms with Gasteiger partial charge < -0.3 is 10.6 Å². The maximum Gasteiger partial charge on any atom is 0.268 e. The second kappa shape index (κ2) is 8.96. The highest BCUT2D eigenvalue weighted by molar-refractivity contribution is 7.10. The van der Waals surface area contributed by atoms with Crippen molar-refractivity contribution in [3.8, 4) is 0 Å². The molecule has 3 rings (SSSR count). The first kappa shape index (κ1) is 18.6. The molecule has 2 aromatic carbocycles. The van der Waals surface area contributed by atoms with Crippen LogP contribution in [0.1, 0.15) is 26.4 Å². The molecule has 4 nitrogen and oxygen atoms in total. The lowest BCUT2D eigenvalue weighted by Crippen LogP contribution is -2.34. The molecule has 1 aromatic heterocycles. The number of carbonyl (C=O) groups is 2. The fraction of sp³-hybridized carbons (Fsp3) is 0.0909. The number of benzene rings is 2. The van der Waals surface area contributed by atoms with Gasteiger partial charge in [-0.25, -0.2) is 0 Å². The molecule has 0 aliphatic rings. The van der Waals surface area contributed by atoms with Crippen LogP contribution in [0.25, 0.3) is 6.08 Å². The normalized spacial score (nSPS) is 11.1. The highest BCUT2D eigenvalue weighted by Gasteiger charge is 2.15. The first-order chi connectivity index (χ1) is 13.1. The zero-order valence-electron chi connectivity index (χ0n) is 14.9. The summed E-state index contributed by atoms with van der Waals surface area (Å²) in [5.41, 5.74) is 2.87. The van der Waals surface area contributed by atoms with Crippen molar-refractivity contribution in [3.05, 3.63) is 99.4 Å². The number of carbonyl (C=O) groups excluding carboxylic acids is 2. The molecule has 0 saturated heterocycles. The Labute approximate surface area is 162 Å². The van der Waals surface area contributed by atoms with Crippen LogP contribution >= 0.6 is 11.3 Å². The van der Waals surface area contributed by atoms with E-state index in [2.05, 4.69) is 10.6 Å². The summed E-state index contributed by atoms with van der Waals surface area (Å²) >= 11 is 1.50. The molecule has 2 N–H and O–H groups in total. The van der Waals surface area contributed by atoms with E-state index in [0.29, 0.717) is 12.1 Å². The molecule has 136 valence electrons. The molecule has 0 saturated carbocycles. The maximum atomic E-state index is 12.7. The van der Waals surface area contributed by atoms with E-state index >= 15 is 0 Å². The number of aryl methyl sites for hydroxylation is 1. The molecule has 27 heavy (non-hydrogen) atoms. The Bertz CT molecular complexity index is 947. The van der Waals surface area contributed by atoms with Crippen molar-refractivity contribution in [1.29, 1.82) is 0 Å². The minimum Gasteiger partial charge on any atom is -0.347 e. The molecule has 0 bridgehead atoms. The Hall–Kier alpha value is -3.18. The summed E-state index contributed by atoms with van der Waals surface area (Å²) in [7, 11) is 0. The van der Waals surface area contributed by atoms with Gasteiger partial charge in [-0.05, 0) is 47.7 Å². The van der Waals surface area contributed by atoms with Gasteiger partial charge in [-0.3, -0.25) is 9.59 Å². The van der Waals surface area contributed by atoms with Crippen LogP contribution in [0.15, 0.2) is 77.8 Å². The second-order valence-electron chi connectivity index (χ2n) is 6.00. The summed E-state index contributed by atoms with van der Waals surface area (Å²) in [6, 6.07) is 20.5. The van der Waals surface area contributed by atoms with E-state index in [1.54, 1.807) is 30.3 Å². The number of amides is 2. The van der Waals surface area contributed by atoms with E-state index in [4.69, 9.17) is 0 Å². The van der Waals surface area contributed by atoms with Crippen LogP contribution in [0.5, 0.6) is 0 Å². The van der Waals surface area contributed by atoms with E-state index in [9.17, 15) is 9.59 Å². The smallest absolute Gasteiger partial charge is 0.268 e. The molecule has 2 amide bonds. The number of nitrogens with one attached hydrogen (secondary N) is 2. The van der Waals surface area contributed by atoms with Gasteiger partial charge in [0.2, 0.25) is 0 Å². The molecule has 5 heteroatoms. The fourth-order valence-electron chi connectivity index (χ4n) is 2.54. The Balaban J connectivity index is 1.76. The number of rotatable bonds is 6. The largest absolute Gasteiger partial charge is 0.347 e. The van der Waals surface area contributed by atoms with E-state index in [0.717, 1.165) is 16.0 Å². The number of hydrogen-bond acceptors (Lipinski definition) is 3. The third-order valence-corrected chi connectivity index (χ3v) is 4.88. The summed E-state index contributed by atoms with van der Waals surface area (Å²) in [4.78, 5) is 26.1. The molecular weight excluding hydrogens is 356 g/mol. The summed E-state index contributed by atoms with van der Waals surface area (Å²) in [6.07, 6.45) is 1.69. The highest BCUT2D eigenvalue weighted by Crippen LogP contribution is 2.14. The quantitative estimate of drug-likeness (QED) is 0.635. The van der Waals surface area contributed by atoms with Crippen molar-refractivity contribution in [1.82, 2.24) is 10.6 Å². The van der Waals surface area contributed by atoms with Crippen LogP contribution in [0, 0.1) is 6.92 Å². The number of thiophene rings is 1. The predicted octanol–water partition coefficient (Wildman–Crippen LogP) is 4.14. The average molecular weight is 376 g/mol. The van der Waals surface area contributed by atoms with Crippen molar-refractivity contribution in [2.24, 2.45) is 0 Å². The molecule has 0 aliphatic heterocycles. The van der Waals surface area contributed by atoms with Crippen LogP contribution in [0.4, 0.5) is 0 Å². The first-order valence-corrected chi connectivity index (χ1v) is 9.46. The van der Waals surface area contributed by atoms with Crippen LogP contribution in [-0.4, -0.2) is 11.8 Å². The summed E-state index contributed by atoms with van der Waals surface area (Å²) in [5, 5.41) is 7.56. The van der Waals surface area contributed by atoms with Crippen molar-refractivity contribution in [2.75, 3.05) is 0 Å². The SMILES string of the molecule is Cc1ccccc1CNC(=O)/C(=C/c1cccs1)NC(=O)c1ccccc1. The van der Waals surface area contributed by atoms with E-state index in [1.165, 1.54) is 11.3 Å². The van der Waals surface area contributed by atoms with Gasteiger partial charge in [0.05, 0.1) is 0 Å². The lowest BCUT2D eigenvalue weighted by atomic mass is 10.1. The highest BCUT2D eigenvalue weighted by atomic mass is 32.1. The zero-order chi connectivity index (χ0) is 19.1. The standard InChI is InChI=1S/C22H20N2O2S/c1-16-8-5-6-11-18(16)15-23-22(26)20(14-19-12-7-13-27-19)24-21(25)17-9-3-2-4-10-17/h2-14H,15H2,1H3,(H,23,26)(H,24,25)/b20-14-. The van der Waals surface area contributed by atoms with Crippen molar-refractivity contribution >= 4 is 29.2 Å². The third-order valence-electron chi connectivity index (χ3n) is 4.06. The van der Waals surface area contributed by atoms with Crippen molar-refractivity contribution in [2.45, 2.75) is 13.5 Å². The Morgan fingerprint density at radius 3 is 2.41 bits per heavy atom. The van der Waals surface area contributed by atoms with E-state index in [1.807, 2.05) is 54.8 Å². The Kier molecular flexibility index (Phi) is 6.18. The van der Waals surface area contributed by atoms with Crippen LogP contribution in [-0.2, 0) is 11.3 Å². The average Bonchev–Trinajstić information content (AvgIpc) is 3.20. The van der Waals surface area contributed by atoms with Crippen LogP contribution < -0.4 is 10.6 Å². The van der Waals surface area contributed by atoms with Gasteiger partial charge in [-0.2, -0.15) is 0 Å². The van der Waals surface area contributed by atoms with E-state index in [-0.39, 0.29) is 17.5 Å².